The second-order valence-corrected chi connectivity index (χ2v) is 7.72. The third kappa shape index (κ3) is 2.92. The van der Waals surface area contributed by atoms with E-state index >= 15 is 0 Å². The molecule has 8 heteroatoms. The first kappa shape index (κ1) is 19.8. The molecule has 4 aromatic rings. The van der Waals surface area contributed by atoms with Gasteiger partial charge in [0.05, 0.1) is 11.0 Å². The highest BCUT2D eigenvalue weighted by atomic mass is 16.4. The van der Waals surface area contributed by atoms with E-state index in [0.717, 1.165) is 5.56 Å². The quantitative estimate of drug-likeness (QED) is 0.461. The number of benzene rings is 3. The Bertz CT molecular complexity index is 1370. The van der Waals surface area contributed by atoms with Crippen molar-refractivity contribution >= 4 is 29.0 Å². The Morgan fingerprint density at radius 3 is 2.53 bits per heavy atom. The van der Waals surface area contributed by atoms with Gasteiger partial charge >= 0.3 is 6.09 Å². The zero-order chi connectivity index (χ0) is 22.5. The lowest BCUT2D eigenvalue weighted by Crippen LogP contribution is -2.44. The van der Waals surface area contributed by atoms with Gasteiger partial charge in [-0.2, -0.15) is 0 Å². The van der Waals surface area contributed by atoms with Crippen LogP contribution in [0.2, 0.25) is 0 Å². The maximum atomic E-state index is 13.3. The molecular weight excluding hydrogens is 408 g/mol. The fraction of sp³-hybridized carbons (Fsp3) is 0.125. The molecule has 1 unspecified atom stereocenters. The molecule has 1 aliphatic rings. The van der Waals surface area contributed by atoms with E-state index in [9.17, 15) is 14.7 Å². The van der Waals surface area contributed by atoms with E-state index in [2.05, 4.69) is 10.3 Å². The van der Waals surface area contributed by atoms with Gasteiger partial charge in [-0.3, -0.25) is 15.0 Å². The number of aromatic nitrogens is 2. The van der Waals surface area contributed by atoms with Crippen LogP contribution in [0.1, 0.15) is 27.0 Å². The lowest BCUT2D eigenvalue weighted by Gasteiger charge is -2.35. The smallest absolute Gasteiger partial charge is 0.411 e. The van der Waals surface area contributed by atoms with Gasteiger partial charge in [0.1, 0.15) is 0 Å². The fourth-order valence-corrected chi connectivity index (χ4v) is 4.30. The number of amides is 2. The minimum Gasteiger partial charge on any atom is -0.465 e. The van der Waals surface area contributed by atoms with E-state index in [-0.39, 0.29) is 18.4 Å². The van der Waals surface area contributed by atoms with Gasteiger partial charge in [-0.25, -0.2) is 9.78 Å². The summed E-state index contributed by atoms with van der Waals surface area (Å²) in [4.78, 5) is 30.2. The first-order valence-corrected chi connectivity index (χ1v) is 10.0. The van der Waals surface area contributed by atoms with Crippen LogP contribution in [0.5, 0.6) is 0 Å². The van der Waals surface area contributed by atoms with Gasteiger partial charge in [0.25, 0.3) is 5.91 Å². The number of nitrogens with zero attached hydrogens (tertiary/aromatic N) is 3. The summed E-state index contributed by atoms with van der Waals surface area (Å²) in [5.41, 5.74) is 1.79. The molecule has 2 amide bonds. The van der Waals surface area contributed by atoms with Crippen molar-refractivity contribution in [2.45, 2.75) is 12.3 Å². The Balaban J connectivity index is 1.66. The summed E-state index contributed by atoms with van der Waals surface area (Å²) in [5.74, 6) is -0.0954. The SMILES string of the molecule is Cn1c(NC(=O)O)nc2cc(C3(O)c4ccccc4C(=O)N3Cc3ccccc3)ccc21. The highest BCUT2D eigenvalue weighted by Crippen LogP contribution is 2.43. The van der Waals surface area contributed by atoms with Crippen molar-refractivity contribution in [2.24, 2.45) is 7.05 Å². The predicted octanol–water partition coefficient (Wildman–Crippen LogP) is 3.51. The van der Waals surface area contributed by atoms with Crippen molar-refractivity contribution in [3.8, 4) is 0 Å². The van der Waals surface area contributed by atoms with Gasteiger partial charge in [-0.15, -0.1) is 0 Å². The lowest BCUT2D eigenvalue weighted by molar-refractivity contribution is -0.0542. The molecule has 2 heterocycles. The van der Waals surface area contributed by atoms with Crippen molar-refractivity contribution < 1.29 is 19.8 Å². The Morgan fingerprint density at radius 2 is 1.78 bits per heavy atom. The average Bonchev–Trinajstić information content (AvgIpc) is 3.21. The summed E-state index contributed by atoms with van der Waals surface area (Å²) in [6, 6.07) is 21.7. The monoisotopic (exact) mass is 428 g/mol. The standard InChI is InChI=1S/C24H20N4O4/c1-27-20-12-11-16(13-19(20)25-22(27)26-23(30)31)24(32)18-10-6-5-9-17(18)21(29)28(24)14-15-7-3-2-4-8-15/h2-13,32H,14H2,1H3,(H,25,26)(H,30,31). The number of anilines is 1. The van der Waals surface area contributed by atoms with Gasteiger partial charge < -0.3 is 14.8 Å². The third-order valence-electron chi connectivity index (χ3n) is 5.85. The molecule has 32 heavy (non-hydrogen) atoms. The van der Waals surface area contributed by atoms with Crippen LogP contribution in [0.25, 0.3) is 11.0 Å². The minimum atomic E-state index is -1.70. The van der Waals surface area contributed by atoms with E-state index in [0.29, 0.717) is 27.7 Å². The van der Waals surface area contributed by atoms with Crippen molar-refractivity contribution in [1.82, 2.24) is 14.5 Å². The van der Waals surface area contributed by atoms with Crippen LogP contribution in [0.3, 0.4) is 0 Å². The summed E-state index contributed by atoms with van der Waals surface area (Å²) >= 11 is 0. The Hall–Kier alpha value is -4.17. The molecule has 0 aliphatic carbocycles. The maximum Gasteiger partial charge on any atom is 0.411 e. The second kappa shape index (κ2) is 7.21. The molecule has 0 radical (unpaired) electrons. The summed E-state index contributed by atoms with van der Waals surface area (Å²) in [6.45, 7) is 0.219. The molecule has 160 valence electrons. The Kier molecular flexibility index (Phi) is 4.45. The Morgan fingerprint density at radius 1 is 1.06 bits per heavy atom. The number of rotatable bonds is 4. The number of carbonyl (C=O) groups excluding carboxylic acids is 1. The van der Waals surface area contributed by atoms with Gasteiger partial charge in [0.2, 0.25) is 5.95 Å². The Labute approximate surface area is 183 Å². The molecular formula is C24H20N4O4. The van der Waals surface area contributed by atoms with Gasteiger partial charge in [0.15, 0.2) is 5.72 Å². The minimum absolute atomic E-state index is 0.167. The van der Waals surface area contributed by atoms with E-state index in [1.807, 2.05) is 30.3 Å². The van der Waals surface area contributed by atoms with Crippen molar-refractivity contribution in [3.05, 3.63) is 95.1 Å². The fourth-order valence-electron chi connectivity index (χ4n) is 4.30. The summed E-state index contributed by atoms with van der Waals surface area (Å²) in [7, 11) is 1.70. The number of fused-ring (bicyclic) bond motifs is 2. The van der Waals surface area contributed by atoms with Gasteiger partial charge in [-0.05, 0) is 23.8 Å². The summed E-state index contributed by atoms with van der Waals surface area (Å²) in [5, 5.41) is 23.4. The third-order valence-corrected chi connectivity index (χ3v) is 5.85. The largest absolute Gasteiger partial charge is 0.465 e. The number of imidazole rings is 1. The molecule has 1 atom stereocenters. The van der Waals surface area contributed by atoms with Crippen LogP contribution in [0, 0.1) is 0 Å². The summed E-state index contributed by atoms with van der Waals surface area (Å²) in [6.07, 6.45) is -1.22. The molecule has 3 N–H and O–H groups in total. The molecule has 5 rings (SSSR count). The average molecular weight is 428 g/mol. The van der Waals surface area contributed by atoms with E-state index in [1.54, 1.807) is 54.1 Å². The number of carboxylic acid groups (broad SMARTS) is 1. The predicted molar refractivity (Wildman–Crippen MR) is 118 cm³/mol. The number of hydrogen-bond acceptors (Lipinski definition) is 4. The van der Waals surface area contributed by atoms with Crippen LogP contribution in [0.15, 0.2) is 72.8 Å². The highest BCUT2D eigenvalue weighted by Gasteiger charge is 2.49. The topological polar surface area (TPSA) is 108 Å². The van der Waals surface area contributed by atoms with Crippen molar-refractivity contribution in [3.63, 3.8) is 0 Å². The molecule has 3 aromatic carbocycles. The van der Waals surface area contributed by atoms with Crippen LogP contribution in [-0.4, -0.2) is 36.7 Å². The molecule has 1 aromatic heterocycles. The molecule has 0 spiro atoms. The van der Waals surface area contributed by atoms with Crippen LogP contribution in [0.4, 0.5) is 10.7 Å². The van der Waals surface area contributed by atoms with E-state index in [1.165, 1.54) is 4.90 Å². The van der Waals surface area contributed by atoms with Crippen LogP contribution >= 0.6 is 0 Å². The first-order chi connectivity index (χ1) is 15.4. The van der Waals surface area contributed by atoms with E-state index < -0.39 is 11.8 Å². The summed E-state index contributed by atoms with van der Waals surface area (Å²) < 4.78 is 1.62. The molecule has 0 fully saturated rings. The van der Waals surface area contributed by atoms with Gasteiger partial charge in [0, 0.05) is 30.3 Å². The zero-order valence-corrected chi connectivity index (χ0v) is 17.2. The molecule has 0 saturated heterocycles. The lowest BCUT2D eigenvalue weighted by atomic mass is 9.93. The first-order valence-electron chi connectivity index (χ1n) is 10.0. The zero-order valence-electron chi connectivity index (χ0n) is 17.2. The molecule has 1 aliphatic heterocycles. The van der Waals surface area contributed by atoms with E-state index in [4.69, 9.17) is 5.11 Å². The molecule has 8 nitrogen and oxygen atoms in total. The normalized spacial score (nSPS) is 17.6. The van der Waals surface area contributed by atoms with Crippen LogP contribution < -0.4 is 5.32 Å². The molecule has 0 saturated carbocycles. The number of aliphatic hydroxyl groups is 1. The number of hydrogen-bond donors (Lipinski definition) is 3. The van der Waals surface area contributed by atoms with Crippen molar-refractivity contribution in [2.75, 3.05) is 5.32 Å². The molecule has 0 bridgehead atoms. The number of carbonyl (C=O) groups is 2. The van der Waals surface area contributed by atoms with Gasteiger partial charge in [-0.1, -0.05) is 54.6 Å². The van der Waals surface area contributed by atoms with Crippen LogP contribution in [-0.2, 0) is 19.3 Å². The highest BCUT2D eigenvalue weighted by molar-refractivity contribution is 6.00. The van der Waals surface area contributed by atoms with Crippen molar-refractivity contribution in [1.29, 1.82) is 0 Å². The maximum absolute atomic E-state index is 13.3. The number of nitrogens with one attached hydrogen (secondary N) is 1. The number of aryl methyl sites for hydroxylation is 1. The second-order valence-electron chi connectivity index (χ2n) is 7.72.